The lowest BCUT2D eigenvalue weighted by atomic mass is 9.99. The summed E-state index contributed by atoms with van der Waals surface area (Å²) in [6, 6.07) is 16.6. The molecule has 0 N–H and O–H groups in total. The predicted octanol–water partition coefficient (Wildman–Crippen LogP) is 4.48. The van der Waals surface area contributed by atoms with E-state index in [1.807, 2.05) is 30.3 Å². The SMILES string of the molecule is O=C(c1ccc(SCc2cccnc2)c([N+](=O)[O-])c1)N1CCc2ccccc2C1. The molecule has 2 heterocycles. The van der Waals surface area contributed by atoms with Crippen molar-refractivity contribution in [1.82, 2.24) is 9.88 Å². The van der Waals surface area contributed by atoms with Crippen LogP contribution in [0.2, 0.25) is 0 Å². The van der Waals surface area contributed by atoms with Gasteiger partial charge in [-0.2, -0.15) is 0 Å². The van der Waals surface area contributed by atoms with Crippen LogP contribution in [0, 0.1) is 10.1 Å². The number of nitro groups is 1. The van der Waals surface area contributed by atoms with Crippen molar-refractivity contribution in [2.45, 2.75) is 23.6 Å². The van der Waals surface area contributed by atoms with Crippen LogP contribution in [-0.2, 0) is 18.7 Å². The Bertz CT molecular complexity index is 1060. The van der Waals surface area contributed by atoms with E-state index < -0.39 is 4.92 Å². The van der Waals surface area contributed by atoms with Crippen molar-refractivity contribution in [2.75, 3.05) is 6.54 Å². The first kappa shape index (κ1) is 19.1. The number of rotatable bonds is 5. The summed E-state index contributed by atoms with van der Waals surface area (Å²) in [5.41, 5.74) is 3.68. The smallest absolute Gasteiger partial charge is 0.283 e. The Hall–Kier alpha value is -3.19. The highest BCUT2D eigenvalue weighted by molar-refractivity contribution is 7.98. The second-order valence-electron chi connectivity index (χ2n) is 6.83. The number of benzene rings is 2. The fourth-order valence-corrected chi connectivity index (χ4v) is 4.35. The monoisotopic (exact) mass is 405 g/mol. The zero-order chi connectivity index (χ0) is 20.2. The molecule has 0 saturated carbocycles. The van der Waals surface area contributed by atoms with E-state index in [4.69, 9.17) is 0 Å². The molecule has 0 fully saturated rings. The second-order valence-corrected chi connectivity index (χ2v) is 7.85. The largest absolute Gasteiger partial charge is 0.334 e. The average Bonchev–Trinajstić information content (AvgIpc) is 2.77. The van der Waals surface area contributed by atoms with Gasteiger partial charge in [-0.25, -0.2) is 0 Å². The van der Waals surface area contributed by atoms with Crippen molar-refractivity contribution in [3.63, 3.8) is 0 Å². The van der Waals surface area contributed by atoms with Crippen LogP contribution in [0.15, 0.2) is 71.9 Å². The summed E-state index contributed by atoms with van der Waals surface area (Å²) in [6.45, 7) is 1.14. The van der Waals surface area contributed by atoms with E-state index in [1.165, 1.54) is 23.4 Å². The molecule has 146 valence electrons. The highest BCUT2D eigenvalue weighted by Gasteiger charge is 2.24. The highest BCUT2D eigenvalue weighted by Crippen LogP contribution is 2.33. The third kappa shape index (κ3) is 4.30. The van der Waals surface area contributed by atoms with Crippen LogP contribution in [0.25, 0.3) is 0 Å². The first-order chi connectivity index (χ1) is 14.1. The molecule has 0 saturated heterocycles. The maximum absolute atomic E-state index is 13.0. The minimum Gasteiger partial charge on any atom is -0.334 e. The van der Waals surface area contributed by atoms with Crippen molar-refractivity contribution in [2.24, 2.45) is 0 Å². The molecular formula is C22H19N3O3S. The molecule has 7 heteroatoms. The van der Waals surface area contributed by atoms with E-state index in [0.29, 0.717) is 29.3 Å². The van der Waals surface area contributed by atoms with E-state index in [-0.39, 0.29) is 11.6 Å². The number of pyridine rings is 1. The van der Waals surface area contributed by atoms with Crippen LogP contribution in [0.3, 0.4) is 0 Å². The number of amides is 1. The molecule has 1 aliphatic heterocycles. The van der Waals surface area contributed by atoms with E-state index >= 15 is 0 Å². The zero-order valence-corrected chi connectivity index (χ0v) is 16.5. The Balaban J connectivity index is 1.53. The van der Waals surface area contributed by atoms with Gasteiger partial charge in [-0.1, -0.05) is 30.3 Å². The number of nitro benzene ring substituents is 1. The van der Waals surface area contributed by atoms with Gasteiger partial charge in [0.15, 0.2) is 0 Å². The zero-order valence-electron chi connectivity index (χ0n) is 15.7. The number of aromatic nitrogens is 1. The Morgan fingerprint density at radius 3 is 2.72 bits per heavy atom. The molecule has 1 aliphatic rings. The Morgan fingerprint density at radius 1 is 1.14 bits per heavy atom. The van der Waals surface area contributed by atoms with Crippen LogP contribution in [-0.4, -0.2) is 27.3 Å². The summed E-state index contributed by atoms with van der Waals surface area (Å²) in [4.78, 5) is 30.5. The fourth-order valence-electron chi connectivity index (χ4n) is 3.41. The maximum atomic E-state index is 13.0. The van der Waals surface area contributed by atoms with Gasteiger partial charge in [0.2, 0.25) is 0 Å². The van der Waals surface area contributed by atoms with Crippen LogP contribution < -0.4 is 0 Å². The van der Waals surface area contributed by atoms with Crippen molar-refractivity contribution < 1.29 is 9.72 Å². The second kappa shape index (κ2) is 8.45. The van der Waals surface area contributed by atoms with Crippen molar-refractivity contribution in [3.8, 4) is 0 Å². The number of carbonyl (C=O) groups excluding carboxylic acids is 1. The molecule has 0 bridgehead atoms. The summed E-state index contributed by atoms with van der Waals surface area (Å²) in [7, 11) is 0. The van der Waals surface area contributed by atoms with Crippen LogP contribution in [0.5, 0.6) is 0 Å². The van der Waals surface area contributed by atoms with Crippen molar-refractivity contribution in [1.29, 1.82) is 0 Å². The van der Waals surface area contributed by atoms with Gasteiger partial charge in [-0.15, -0.1) is 11.8 Å². The molecule has 4 rings (SSSR count). The lowest BCUT2D eigenvalue weighted by Crippen LogP contribution is -2.35. The van der Waals surface area contributed by atoms with E-state index in [0.717, 1.165) is 17.5 Å². The Labute approximate surface area is 172 Å². The molecule has 0 spiro atoms. The molecule has 0 atom stereocenters. The van der Waals surface area contributed by atoms with Gasteiger partial charge in [0.1, 0.15) is 0 Å². The lowest BCUT2D eigenvalue weighted by Gasteiger charge is -2.29. The van der Waals surface area contributed by atoms with Gasteiger partial charge >= 0.3 is 0 Å². The first-order valence-corrected chi connectivity index (χ1v) is 10.3. The number of hydrogen-bond acceptors (Lipinski definition) is 5. The van der Waals surface area contributed by atoms with Crippen LogP contribution in [0.4, 0.5) is 5.69 Å². The number of fused-ring (bicyclic) bond motifs is 1. The molecule has 0 aliphatic carbocycles. The van der Waals surface area contributed by atoms with Gasteiger partial charge in [-0.05, 0) is 41.3 Å². The number of thioether (sulfide) groups is 1. The van der Waals surface area contributed by atoms with E-state index in [1.54, 1.807) is 29.4 Å². The Morgan fingerprint density at radius 2 is 1.97 bits per heavy atom. The minimum absolute atomic E-state index is 0.0397. The summed E-state index contributed by atoms with van der Waals surface area (Å²) < 4.78 is 0. The topological polar surface area (TPSA) is 76.3 Å². The number of hydrogen-bond donors (Lipinski definition) is 0. The maximum Gasteiger partial charge on any atom is 0.283 e. The normalized spacial score (nSPS) is 13.0. The van der Waals surface area contributed by atoms with Crippen LogP contribution in [0.1, 0.15) is 27.0 Å². The van der Waals surface area contributed by atoms with E-state index in [2.05, 4.69) is 11.1 Å². The molecule has 6 nitrogen and oxygen atoms in total. The minimum atomic E-state index is -0.423. The summed E-state index contributed by atoms with van der Waals surface area (Å²) in [6.07, 6.45) is 4.23. The molecule has 0 unspecified atom stereocenters. The van der Waals surface area contributed by atoms with Gasteiger partial charge in [0.25, 0.3) is 11.6 Å². The fraction of sp³-hybridized carbons (Fsp3) is 0.182. The lowest BCUT2D eigenvalue weighted by molar-refractivity contribution is -0.387. The quantitative estimate of drug-likeness (QED) is 0.355. The number of nitrogens with zero attached hydrogens (tertiary/aromatic N) is 3. The molecule has 3 aromatic rings. The first-order valence-electron chi connectivity index (χ1n) is 9.28. The molecule has 29 heavy (non-hydrogen) atoms. The van der Waals surface area contributed by atoms with Gasteiger partial charge in [-0.3, -0.25) is 19.9 Å². The number of carbonyl (C=O) groups is 1. The highest BCUT2D eigenvalue weighted by atomic mass is 32.2. The molecule has 1 amide bonds. The van der Waals surface area contributed by atoms with Gasteiger partial charge in [0.05, 0.1) is 9.82 Å². The predicted molar refractivity (Wildman–Crippen MR) is 112 cm³/mol. The van der Waals surface area contributed by atoms with Crippen molar-refractivity contribution in [3.05, 3.63) is 99.4 Å². The van der Waals surface area contributed by atoms with Gasteiger partial charge < -0.3 is 4.90 Å². The summed E-state index contributed by atoms with van der Waals surface area (Å²) in [5, 5.41) is 11.6. The third-order valence-corrected chi connectivity index (χ3v) is 6.07. The average molecular weight is 405 g/mol. The molecule has 0 radical (unpaired) electrons. The summed E-state index contributed by atoms with van der Waals surface area (Å²) >= 11 is 1.37. The Kier molecular flexibility index (Phi) is 5.57. The molecule has 2 aromatic carbocycles. The standard InChI is InChI=1S/C22H19N3O3S/c26-22(24-11-9-17-5-1-2-6-19(17)14-24)18-7-8-21(20(12-18)25(27)28)29-15-16-4-3-10-23-13-16/h1-8,10,12-13H,9,11,14-15H2. The summed E-state index contributed by atoms with van der Waals surface area (Å²) in [5.74, 6) is 0.400. The van der Waals surface area contributed by atoms with Crippen LogP contribution >= 0.6 is 11.8 Å². The van der Waals surface area contributed by atoms with Crippen molar-refractivity contribution >= 4 is 23.4 Å². The third-order valence-electron chi connectivity index (χ3n) is 4.94. The van der Waals surface area contributed by atoms with E-state index in [9.17, 15) is 14.9 Å². The molecule has 1 aromatic heterocycles. The molecular weight excluding hydrogens is 386 g/mol. The van der Waals surface area contributed by atoms with Gasteiger partial charge in [0, 0.05) is 42.9 Å².